The second-order valence-corrected chi connectivity index (χ2v) is 7.60. The highest BCUT2D eigenvalue weighted by Crippen LogP contribution is 2.26. The molecule has 31 heavy (non-hydrogen) atoms. The normalized spacial score (nSPS) is 18.1. The van der Waals surface area contributed by atoms with Gasteiger partial charge in [0.2, 0.25) is 0 Å². The minimum Gasteiger partial charge on any atom is -0.348 e. The zero-order chi connectivity index (χ0) is 21.8. The molecule has 1 saturated carbocycles. The van der Waals surface area contributed by atoms with E-state index in [9.17, 15) is 14.4 Å². The third-order valence-electron chi connectivity index (χ3n) is 5.24. The van der Waals surface area contributed by atoms with Gasteiger partial charge in [-0.15, -0.1) is 0 Å². The Labute approximate surface area is 178 Å². The Bertz CT molecular complexity index is 1050. The maximum absolute atomic E-state index is 12.4. The number of imidazole rings is 1. The number of aromatic nitrogens is 4. The first-order valence-corrected chi connectivity index (χ1v) is 10.3. The summed E-state index contributed by atoms with van der Waals surface area (Å²) in [6.45, 7) is 2.77. The second kappa shape index (κ2) is 9.02. The second-order valence-electron chi connectivity index (χ2n) is 7.60. The van der Waals surface area contributed by atoms with Crippen LogP contribution >= 0.6 is 0 Å². The first-order valence-electron chi connectivity index (χ1n) is 10.3. The van der Waals surface area contributed by atoms with Crippen molar-refractivity contribution in [2.45, 2.75) is 45.6 Å². The maximum Gasteiger partial charge on any atom is 0.314 e. The Morgan fingerprint density at radius 3 is 2.90 bits per heavy atom. The van der Waals surface area contributed by atoms with Gasteiger partial charge in [0.05, 0.1) is 17.9 Å². The number of aryl methyl sites for hydroxylation is 2. The van der Waals surface area contributed by atoms with Crippen molar-refractivity contribution in [3.05, 3.63) is 30.5 Å². The van der Waals surface area contributed by atoms with E-state index in [1.807, 2.05) is 10.8 Å². The van der Waals surface area contributed by atoms with E-state index in [2.05, 4.69) is 30.7 Å². The van der Waals surface area contributed by atoms with E-state index in [1.165, 1.54) is 4.68 Å². The fourth-order valence-corrected chi connectivity index (χ4v) is 3.70. The van der Waals surface area contributed by atoms with Crippen LogP contribution in [0.15, 0.2) is 34.8 Å². The van der Waals surface area contributed by atoms with Crippen molar-refractivity contribution in [2.75, 3.05) is 11.9 Å². The maximum atomic E-state index is 12.4. The largest absolute Gasteiger partial charge is 0.348 e. The lowest BCUT2D eigenvalue weighted by Crippen LogP contribution is -2.37. The molecule has 1 unspecified atom stereocenters. The van der Waals surface area contributed by atoms with Gasteiger partial charge in [-0.3, -0.25) is 14.4 Å². The molecular formula is C20H24N8O3. The highest BCUT2D eigenvalue weighted by atomic mass is 16.2. The molecule has 0 bridgehead atoms. The molecule has 2 aromatic heterocycles. The first kappa shape index (κ1) is 20.6. The third kappa shape index (κ3) is 4.76. The quantitative estimate of drug-likeness (QED) is 0.543. The van der Waals surface area contributed by atoms with Gasteiger partial charge in [-0.05, 0) is 32.6 Å². The van der Waals surface area contributed by atoms with E-state index in [0.717, 1.165) is 31.4 Å². The molecule has 11 nitrogen and oxygen atoms in total. The van der Waals surface area contributed by atoms with Crippen molar-refractivity contribution in [1.29, 1.82) is 0 Å². The molecule has 2 aliphatic rings. The molecule has 4 rings (SSSR count). The molecule has 2 N–H and O–H groups in total. The molecule has 2 aromatic rings. The van der Waals surface area contributed by atoms with Crippen LogP contribution in [0.4, 0.5) is 5.82 Å². The average Bonchev–Trinajstić information content (AvgIpc) is 3.40. The summed E-state index contributed by atoms with van der Waals surface area (Å²) >= 11 is 0. The van der Waals surface area contributed by atoms with Gasteiger partial charge in [-0.2, -0.15) is 14.8 Å². The van der Waals surface area contributed by atoms with Crippen LogP contribution in [0.2, 0.25) is 0 Å². The first-order chi connectivity index (χ1) is 15.0. The van der Waals surface area contributed by atoms with Gasteiger partial charge in [-0.25, -0.2) is 9.98 Å². The minimum atomic E-state index is -0.824. The molecule has 1 aliphatic heterocycles. The number of nitrogens with zero attached hydrogens (tertiary/aromatic N) is 6. The molecule has 0 aromatic carbocycles. The van der Waals surface area contributed by atoms with Gasteiger partial charge >= 0.3 is 11.8 Å². The lowest BCUT2D eigenvalue weighted by atomic mass is 9.86. The molecule has 3 heterocycles. The molecule has 0 saturated heterocycles. The summed E-state index contributed by atoms with van der Waals surface area (Å²) in [5.74, 6) is -1.71. The lowest BCUT2D eigenvalue weighted by molar-refractivity contribution is -0.136. The molecule has 0 spiro atoms. The van der Waals surface area contributed by atoms with Crippen LogP contribution in [0.5, 0.6) is 0 Å². The van der Waals surface area contributed by atoms with E-state index in [0.29, 0.717) is 25.2 Å². The smallest absolute Gasteiger partial charge is 0.314 e. The molecule has 1 aliphatic carbocycles. The van der Waals surface area contributed by atoms with Crippen LogP contribution in [-0.4, -0.2) is 55.3 Å². The number of rotatable bonds is 5. The van der Waals surface area contributed by atoms with E-state index < -0.39 is 11.8 Å². The highest BCUT2D eigenvalue weighted by Gasteiger charge is 2.32. The van der Waals surface area contributed by atoms with Crippen molar-refractivity contribution in [2.24, 2.45) is 15.9 Å². The van der Waals surface area contributed by atoms with Crippen LogP contribution < -0.4 is 10.6 Å². The molecule has 3 amide bonds. The van der Waals surface area contributed by atoms with E-state index in [-0.39, 0.29) is 23.6 Å². The van der Waals surface area contributed by atoms with E-state index in [4.69, 9.17) is 0 Å². The fourth-order valence-electron chi connectivity index (χ4n) is 3.70. The number of fused-ring (bicyclic) bond motifs is 1. The van der Waals surface area contributed by atoms with Crippen LogP contribution in [0, 0.1) is 12.8 Å². The third-order valence-corrected chi connectivity index (χ3v) is 5.24. The van der Waals surface area contributed by atoms with Crippen LogP contribution in [0.1, 0.15) is 37.8 Å². The Kier molecular flexibility index (Phi) is 6.01. The zero-order valence-corrected chi connectivity index (χ0v) is 17.2. The van der Waals surface area contributed by atoms with Gasteiger partial charge in [0.1, 0.15) is 5.82 Å². The van der Waals surface area contributed by atoms with Gasteiger partial charge < -0.3 is 15.2 Å². The minimum absolute atomic E-state index is 0.113. The number of carbonyl (C=O) groups is 3. The van der Waals surface area contributed by atoms with Gasteiger partial charge in [-0.1, -0.05) is 6.42 Å². The number of amides is 3. The van der Waals surface area contributed by atoms with Crippen LogP contribution in [0.25, 0.3) is 0 Å². The van der Waals surface area contributed by atoms with E-state index in [1.54, 1.807) is 25.5 Å². The summed E-state index contributed by atoms with van der Waals surface area (Å²) in [5.41, 5.74) is 1.40. The standard InChI is InChI=1S/C20H24N8O3/c1-13-11-16(24-19(31)18(30)22-7-4-9-27-10-8-21-12-27)28(26-13)20-23-15-6-3-2-5-14(15)17(29)25-20/h8,10-12,14H,2-7,9H2,1H3,(H,22,30)(H,24,31). The van der Waals surface area contributed by atoms with Crippen molar-refractivity contribution >= 4 is 35.2 Å². The van der Waals surface area contributed by atoms with Crippen LogP contribution in [-0.2, 0) is 20.9 Å². The monoisotopic (exact) mass is 424 g/mol. The summed E-state index contributed by atoms with van der Waals surface area (Å²) < 4.78 is 3.19. The summed E-state index contributed by atoms with van der Waals surface area (Å²) in [5, 5.41) is 9.43. The van der Waals surface area contributed by atoms with E-state index >= 15 is 0 Å². The summed E-state index contributed by atoms with van der Waals surface area (Å²) in [6.07, 6.45) is 9.34. The predicted molar refractivity (Wildman–Crippen MR) is 113 cm³/mol. The highest BCUT2D eigenvalue weighted by molar-refractivity contribution is 6.39. The fraction of sp³-hybridized carbons (Fsp3) is 0.450. The number of anilines is 1. The molecule has 1 fully saturated rings. The molecule has 11 heteroatoms. The van der Waals surface area contributed by atoms with Gasteiger partial charge in [0.25, 0.3) is 11.9 Å². The van der Waals surface area contributed by atoms with Crippen molar-refractivity contribution in [3.63, 3.8) is 0 Å². The van der Waals surface area contributed by atoms with Crippen molar-refractivity contribution in [1.82, 2.24) is 24.6 Å². The Morgan fingerprint density at radius 1 is 1.23 bits per heavy atom. The molecule has 0 radical (unpaired) electrons. The SMILES string of the molecule is Cc1cc(NC(=O)C(=O)NCCCn2ccnc2)n(C2=NC(=O)C3CCCCC3=N2)n1. The van der Waals surface area contributed by atoms with Gasteiger partial charge in [0, 0.05) is 37.3 Å². The number of hydrogen-bond donors (Lipinski definition) is 2. The lowest BCUT2D eigenvalue weighted by Gasteiger charge is -2.24. The summed E-state index contributed by atoms with van der Waals surface area (Å²) in [7, 11) is 0. The number of nitrogens with one attached hydrogen (secondary N) is 2. The predicted octanol–water partition coefficient (Wildman–Crippen LogP) is 0.909. The Morgan fingerprint density at radius 2 is 2.10 bits per heavy atom. The van der Waals surface area contributed by atoms with Crippen molar-refractivity contribution < 1.29 is 14.4 Å². The van der Waals surface area contributed by atoms with Gasteiger partial charge in [0.15, 0.2) is 0 Å². The average molecular weight is 424 g/mol. The summed E-state index contributed by atoms with van der Waals surface area (Å²) in [6, 6.07) is 1.60. The topological polar surface area (TPSA) is 136 Å². The Balaban J connectivity index is 1.39. The molecular weight excluding hydrogens is 400 g/mol. The number of aliphatic imine (C=N–C) groups is 2. The zero-order valence-electron chi connectivity index (χ0n) is 17.2. The number of hydrogen-bond acceptors (Lipinski definition) is 6. The van der Waals surface area contributed by atoms with Crippen LogP contribution in [0.3, 0.4) is 0 Å². The number of carbonyl (C=O) groups excluding carboxylic acids is 3. The van der Waals surface area contributed by atoms with Crippen molar-refractivity contribution in [3.8, 4) is 0 Å². The molecule has 162 valence electrons. The summed E-state index contributed by atoms with van der Waals surface area (Å²) in [4.78, 5) is 49.5. The Hall–Kier alpha value is -3.63. The molecule has 1 atom stereocenters.